The molecule has 2 aromatic heterocycles. The van der Waals surface area contributed by atoms with Gasteiger partial charge in [-0.15, -0.1) is 11.3 Å². The monoisotopic (exact) mass is 435 g/mol. The summed E-state index contributed by atoms with van der Waals surface area (Å²) in [5.41, 5.74) is 1.01. The number of fused-ring (bicyclic) bond motifs is 1. The molecule has 0 aliphatic carbocycles. The Kier molecular flexibility index (Phi) is 5.22. The highest BCUT2D eigenvalue weighted by Gasteiger charge is 2.33. The lowest BCUT2D eigenvalue weighted by molar-refractivity contribution is 0.0633. The average molecular weight is 436 g/mol. The first-order chi connectivity index (χ1) is 13.8. The van der Waals surface area contributed by atoms with Gasteiger partial charge in [-0.2, -0.15) is 4.31 Å². The zero-order valence-electron chi connectivity index (χ0n) is 16.2. The fourth-order valence-corrected chi connectivity index (χ4v) is 5.92. The number of hydrogen-bond donors (Lipinski definition) is 0. The highest BCUT2D eigenvalue weighted by molar-refractivity contribution is 7.88. The number of benzene rings is 1. The molecule has 1 atom stereocenters. The summed E-state index contributed by atoms with van der Waals surface area (Å²) in [7, 11) is -3.30. The standard InChI is InChI=1S/C20H22FN3O3S2/c1-14-12-22(8-9-24(14)29(2,26)27)19(25)18-11-15-7-10-28-20(15)23(18)13-16-5-3-4-6-17(16)21/h3-7,10-11,14H,8-9,12-13H2,1-2H3. The number of nitrogens with zero attached hydrogens (tertiary/aromatic N) is 3. The molecule has 6 nitrogen and oxygen atoms in total. The van der Waals surface area contributed by atoms with Gasteiger partial charge in [0.25, 0.3) is 5.91 Å². The molecule has 1 unspecified atom stereocenters. The third kappa shape index (κ3) is 3.82. The van der Waals surface area contributed by atoms with Crippen molar-refractivity contribution in [2.24, 2.45) is 0 Å². The Morgan fingerprint density at radius 2 is 2.00 bits per heavy atom. The third-order valence-electron chi connectivity index (χ3n) is 5.29. The average Bonchev–Trinajstić information content (AvgIpc) is 3.24. The molecule has 0 radical (unpaired) electrons. The van der Waals surface area contributed by atoms with Gasteiger partial charge in [-0.3, -0.25) is 4.79 Å². The summed E-state index contributed by atoms with van der Waals surface area (Å²) in [6.45, 7) is 2.99. The molecule has 1 aliphatic rings. The SMILES string of the molecule is CC1CN(C(=O)c2cc3ccsc3n2Cc2ccccc2F)CCN1S(C)(=O)=O. The van der Waals surface area contributed by atoms with Gasteiger partial charge in [0.05, 0.1) is 12.8 Å². The molecule has 0 N–H and O–H groups in total. The van der Waals surface area contributed by atoms with Crippen molar-refractivity contribution in [1.82, 2.24) is 13.8 Å². The fraction of sp³-hybridized carbons (Fsp3) is 0.350. The van der Waals surface area contributed by atoms with Crippen LogP contribution < -0.4 is 0 Å². The van der Waals surface area contributed by atoms with Crippen LogP contribution in [-0.2, 0) is 16.6 Å². The van der Waals surface area contributed by atoms with Crippen LogP contribution in [0.2, 0.25) is 0 Å². The van der Waals surface area contributed by atoms with E-state index in [1.165, 1.54) is 28.0 Å². The lowest BCUT2D eigenvalue weighted by Gasteiger charge is -2.38. The van der Waals surface area contributed by atoms with Gasteiger partial charge in [-0.25, -0.2) is 12.8 Å². The minimum Gasteiger partial charge on any atom is -0.334 e. The van der Waals surface area contributed by atoms with Crippen molar-refractivity contribution in [3.05, 3.63) is 58.9 Å². The molecule has 4 rings (SSSR count). The molecule has 1 aromatic carbocycles. The number of thiophene rings is 1. The lowest BCUT2D eigenvalue weighted by Crippen LogP contribution is -2.55. The van der Waals surface area contributed by atoms with Crippen molar-refractivity contribution in [2.45, 2.75) is 19.5 Å². The Bertz CT molecular complexity index is 1170. The second-order valence-electron chi connectivity index (χ2n) is 7.36. The first-order valence-electron chi connectivity index (χ1n) is 9.32. The number of sulfonamides is 1. The van der Waals surface area contributed by atoms with Crippen LogP contribution in [0.5, 0.6) is 0 Å². The second-order valence-corrected chi connectivity index (χ2v) is 10.2. The maximum atomic E-state index is 14.2. The number of carbonyl (C=O) groups excluding carboxylic acids is 1. The van der Waals surface area contributed by atoms with Crippen LogP contribution in [0.15, 0.2) is 41.8 Å². The van der Waals surface area contributed by atoms with Crippen LogP contribution in [0, 0.1) is 5.82 Å². The van der Waals surface area contributed by atoms with Gasteiger partial charge in [-0.05, 0) is 30.5 Å². The molecule has 0 spiro atoms. The fourth-order valence-electron chi connectivity index (χ4n) is 3.89. The first-order valence-corrected chi connectivity index (χ1v) is 12.0. The molecule has 0 saturated carbocycles. The molecule has 1 fully saturated rings. The Labute approximate surface area is 173 Å². The summed E-state index contributed by atoms with van der Waals surface area (Å²) in [6, 6.07) is 10.0. The molecular formula is C20H22FN3O3S2. The normalized spacial score (nSPS) is 18.4. The van der Waals surface area contributed by atoms with Gasteiger partial charge < -0.3 is 9.47 Å². The van der Waals surface area contributed by atoms with E-state index in [9.17, 15) is 17.6 Å². The molecule has 154 valence electrons. The Morgan fingerprint density at radius 3 is 2.69 bits per heavy atom. The summed E-state index contributed by atoms with van der Waals surface area (Å²) in [6.07, 6.45) is 1.19. The minimum absolute atomic E-state index is 0.162. The summed E-state index contributed by atoms with van der Waals surface area (Å²) >= 11 is 1.51. The molecule has 3 aromatic rings. The summed E-state index contributed by atoms with van der Waals surface area (Å²) < 4.78 is 41.3. The van der Waals surface area contributed by atoms with Crippen molar-refractivity contribution < 1.29 is 17.6 Å². The Morgan fingerprint density at radius 1 is 1.24 bits per heavy atom. The van der Waals surface area contributed by atoms with Crippen molar-refractivity contribution in [2.75, 3.05) is 25.9 Å². The van der Waals surface area contributed by atoms with Gasteiger partial charge in [0, 0.05) is 36.6 Å². The van der Waals surface area contributed by atoms with Gasteiger partial charge >= 0.3 is 0 Å². The van der Waals surface area contributed by atoms with Gasteiger partial charge in [0.15, 0.2) is 0 Å². The van der Waals surface area contributed by atoms with Gasteiger partial charge in [0.2, 0.25) is 10.0 Å². The largest absolute Gasteiger partial charge is 0.334 e. The van der Waals surface area contributed by atoms with E-state index in [4.69, 9.17) is 0 Å². The van der Waals surface area contributed by atoms with Crippen molar-refractivity contribution >= 4 is 37.5 Å². The molecule has 1 aliphatic heterocycles. The molecule has 29 heavy (non-hydrogen) atoms. The molecule has 1 amide bonds. The van der Waals surface area contributed by atoms with E-state index in [1.807, 2.05) is 22.1 Å². The third-order valence-corrected chi connectivity index (χ3v) is 7.63. The quantitative estimate of drug-likeness (QED) is 0.633. The van der Waals surface area contributed by atoms with Crippen molar-refractivity contribution in [3.63, 3.8) is 0 Å². The molecule has 1 saturated heterocycles. The Hall–Kier alpha value is -2.23. The van der Waals surface area contributed by atoms with E-state index in [-0.39, 0.29) is 30.9 Å². The van der Waals surface area contributed by atoms with E-state index >= 15 is 0 Å². The molecular weight excluding hydrogens is 413 g/mol. The van der Waals surface area contributed by atoms with Crippen LogP contribution in [0.25, 0.3) is 10.2 Å². The molecule has 3 heterocycles. The zero-order valence-corrected chi connectivity index (χ0v) is 17.8. The zero-order chi connectivity index (χ0) is 20.8. The minimum atomic E-state index is -3.30. The van der Waals surface area contributed by atoms with E-state index in [1.54, 1.807) is 30.0 Å². The highest BCUT2D eigenvalue weighted by atomic mass is 32.2. The predicted octanol–water partition coefficient (Wildman–Crippen LogP) is 3.00. The maximum absolute atomic E-state index is 14.2. The second kappa shape index (κ2) is 7.55. The van der Waals surface area contributed by atoms with Crippen LogP contribution in [-0.4, -0.2) is 60.0 Å². The predicted molar refractivity (Wildman–Crippen MR) is 112 cm³/mol. The topological polar surface area (TPSA) is 62.6 Å². The van der Waals surface area contributed by atoms with E-state index in [2.05, 4.69) is 0 Å². The number of rotatable bonds is 4. The Balaban J connectivity index is 1.65. The lowest BCUT2D eigenvalue weighted by atomic mass is 10.2. The highest BCUT2D eigenvalue weighted by Crippen LogP contribution is 2.28. The summed E-state index contributed by atoms with van der Waals surface area (Å²) in [5.74, 6) is -0.468. The van der Waals surface area contributed by atoms with E-state index < -0.39 is 10.0 Å². The van der Waals surface area contributed by atoms with Crippen molar-refractivity contribution in [3.8, 4) is 0 Å². The van der Waals surface area contributed by atoms with Crippen molar-refractivity contribution in [1.29, 1.82) is 0 Å². The van der Waals surface area contributed by atoms with E-state index in [0.29, 0.717) is 24.3 Å². The smallest absolute Gasteiger partial charge is 0.270 e. The molecule has 0 bridgehead atoms. The van der Waals surface area contributed by atoms with Gasteiger partial charge in [-0.1, -0.05) is 18.2 Å². The van der Waals surface area contributed by atoms with Crippen LogP contribution >= 0.6 is 11.3 Å². The number of halogens is 1. The van der Waals surface area contributed by atoms with Gasteiger partial charge in [0.1, 0.15) is 16.3 Å². The summed E-state index contributed by atoms with van der Waals surface area (Å²) in [4.78, 5) is 15.9. The number of amides is 1. The van der Waals surface area contributed by atoms with Crippen LogP contribution in [0.4, 0.5) is 4.39 Å². The first kappa shape index (κ1) is 20.1. The number of hydrogen-bond acceptors (Lipinski definition) is 4. The maximum Gasteiger partial charge on any atom is 0.270 e. The van der Waals surface area contributed by atoms with Crippen LogP contribution in [0.1, 0.15) is 23.0 Å². The number of piperazine rings is 1. The summed E-state index contributed by atoms with van der Waals surface area (Å²) in [5, 5.41) is 2.89. The number of carbonyl (C=O) groups is 1. The number of aromatic nitrogens is 1. The van der Waals surface area contributed by atoms with Crippen LogP contribution in [0.3, 0.4) is 0 Å². The van der Waals surface area contributed by atoms with E-state index in [0.717, 1.165) is 10.2 Å². The molecule has 9 heteroatoms.